The maximum atomic E-state index is 13.4. The van der Waals surface area contributed by atoms with Crippen molar-refractivity contribution in [1.82, 2.24) is 4.98 Å². The van der Waals surface area contributed by atoms with Crippen LogP contribution in [0, 0.1) is 5.92 Å². The second kappa shape index (κ2) is 7.79. The molecule has 1 aliphatic rings. The number of carbonyl (C=O) groups excluding carboxylic acids is 2. The molecule has 1 aromatic heterocycles. The number of aromatic nitrogens is 1. The van der Waals surface area contributed by atoms with E-state index in [9.17, 15) is 9.59 Å². The number of allylic oxidation sites excluding steroid dienone is 1. The van der Waals surface area contributed by atoms with Crippen molar-refractivity contribution < 1.29 is 9.59 Å². The third kappa shape index (κ3) is 3.59. The Balaban J connectivity index is 1.78. The summed E-state index contributed by atoms with van der Waals surface area (Å²) in [5, 5.41) is 0.583. The molecule has 0 fully saturated rings. The molecule has 3 aromatic rings. The van der Waals surface area contributed by atoms with Gasteiger partial charge in [-0.2, -0.15) is 0 Å². The van der Waals surface area contributed by atoms with E-state index >= 15 is 0 Å². The molecule has 4 rings (SSSR count). The number of pyridine rings is 1. The predicted octanol–water partition coefficient (Wildman–Crippen LogP) is 4.55. The molecule has 0 spiro atoms. The Morgan fingerprint density at radius 3 is 2.25 bits per heavy atom. The number of anilines is 1. The molecule has 0 saturated carbocycles. The molecule has 1 amide bonds. The minimum atomic E-state index is -0.760. The van der Waals surface area contributed by atoms with E-state index in [-0.39, 0.29) is 11.7 Å². The minimum Gasteiger partial charge on any atom is -0.294 e. The summed E-state index contributed by atoms with van der Waals surface area (Å²) in [5.74, 6) is -1.19. The van der Waals surface area contributed by atoms with E-state index in [1.54, 1.807) is 59.8 Å². The molecule has 2 heterocycles. The zero-order chi connectivity index (χ0) is 19.5. The number of benzene rings is 2. The number of halogens is 1. The fraction of sp³-hybridized carbons (Fsp3) is 0.0870. The van der Waals surface area contributed by atoms with Gasteiger partial charge in [0.2, 0.25) is 5.91 Å². The van der Waals surface area contributed by atoms with Crippen LogP contribution in [-0.4, -0.2) is 16.7 Å². The standard InChI is InChI=1S/C23H17ClN2O2/c24-18-6-8-19(9-7-18)26-21(17-10-12-25-13-11-17)15-22(27)20(23(26)28)14-16-4-2-1-3-5-16/h1-13,15,20H,14H2. The molecule has 0 saturated heterocycles. The lowest BCUT2D eigenvalue weighted by Gasteiger charge is -2.32. The summed E-state index contributed by atoms with van der Waals surface area (Å²) in [6, 6.07) is 20.2. The SMILES string of the molecule is O=C1C=C(c2ccncc2)N(c2ccc(Cl)cc2)C(=O)C1Cc1ccccc1. The Morgan fingerprint density at radius 2 is 1.57 bits per heavy atom. The van der Waals surface area contributed by atoms with Crippen LogP contribution in [0.25, 0.3) is 5.70 Å². The van der Waals surface area contributed by atoms with Crippen LogP contribution in [0.5, 0.6) is 0 Å². The van der Waals surface area contributed by atoms with Crippen LogP contribution in [0.15, 0.2) is 85.2 Å². The van der Waals surface area contributed by atoms with Crippen molar-refractivity contribution in [3.63, 3.8) is 0 Å². The van der Waals surface area contributed by atoms with Crippen molar-refractivity contribution in [2.75, 3.05) is 4.90 Å². The van der Waals surface area contributed by atoms with Crippen LogP contribution in [-0.2, 0) is 16.0 Å². The maximum Gasteiger partial charge on any atom is 0.242 e. The van der Waals surface area contributed by atoms with Crippen LogP contribution in [0.4, 0.5) is 5.69 Å². The molecule has 0 radical (unpaired) electrons. The second-order valence-corrected chi connectivity index (χ2v) is 7.00. The molecular formula is C23H17ClN2O2. The number of ketones is 1. The Kier molecular flexibility index (Phi) is 5.04. The van der Waals surface area contributed by atoms with Crippen molar-refractivity contribution in [2.45, 2.75) is 6.42 Å². The topological polar surface area (TPSA) is 50.3 Å². The van der Waals surface area contributed by atoms with E-state index < -0.39 is 5.92 Å². The number of nitrogens with zero attached hydrogens (tertiary/aromatic N) is 2. The van der Waals surface area contributed by atoms with Crippen molar-refractivity contribution in [1.29, 1.82) is 0 Å². The average molecular weight is 389 g/mol. The summed E-state index contributed by atoms with van der Waals surface area (Å²) in [4.78, 5) is 31.9. The summed E-state index contributed by atoms with van der Waals surface area (Å²) < 4.78 is 0. The normalized spacial score (nSPS) is 16.8. The molecule has 4 nitrogen and oxygen atoms in total. The maximum absolute atomic E-state index is 13.4. The first-order valence-corrected chi connectivity index (χ1v) is 9.30. The summed E-state index contributed by atoms with van der Waals surface area (Å²) in [6.07, 6.45) is 5.20. The largest absolute Gasteiger partial charge is 0.294 e. The van der Waals surface area contributed by atoms with Crippen molar-refractivity contribution in [2.24, 2.45) is 5.92 Å². The number of carbonyl (C=O) groups is 2. The lowest BCUT2D eigenvalue weighted by atomic mass is 9.89. The van der Waals surface area contributed by atoms with Gasteiger partial charge in [-0.1, -0.05) is 41.9 Å². The summed E-state index contributed by atoms with van der Waals surface area (Å²) >= 11 is 6.02. The molecule has 5 heteroatoms. The van der Waals surface area contributed by atoms with E-state index in [0.717, 1.165) is 11.1 Å². The van der Waals surface area contributed by atoms with Gasteiger partial charge in [-0.3, -0.25) is 19.5 Å². The quantitative estimate of drug-likeness (QED) is 0.616. The first-order chi connectivity index (χ1) is 13.6. The van der Waals surface area contributed by atoms with Gasteiger partial charge in [0.25, 0.3) is 0 Å². The number of amides is 1. The van der Waals surface area contributed by atoms with Crippen LogP contribution in [0.1, 0.15) is 11.1 Å². The Bertz CT molecular complexity index is 1030. The highest BCUT2D eigenvalue weighted by molar-refractivity contribution is 6.30. The fourth-order valence-corrected chi connectivity index (χ4v) is 3.45. The Labute approximate surface area is 168 Å². The van der Waals surface area contributed by atoms with Crippen molar-refractivity contribution >= 4 is 34.7 Å². The monoisotopic (exact) mass is 388 g/mol. The zero-order valence-corrected chi connectivity index (χ0v) is 15.7. The van der Waals surface area contributed by atoms with Crippen LogP contribution >= 0.6 is 11.6 Å². The molecule has 1 aliphatic heterocycles. The molecule has 1 atom stereocenters. The molecule has 0 aliphatic carbocycles. The van der Waals surface area contributed by atoms with Gasteiger partial charge in [0, 0.05) is 34.7 Å². The van der Waals surface area contributed by atoms with Crippen molar-refractivity contribution in [3.8, 4) is 0 Å². The molecule has 2 aromatic carbocycles. The summed E-state index contributed by atoms with van der Waals surface area (Å²) in [7, 11) is 0. The number of rotatable bonds is 4. The predicted molar refractivity (Wildman–Crippen MR) is 110 cm³/mol. The Morgan fingerprint density at radius 1 is 0.893 bits per heavy atom. The summed E-state index contributed by atoms with van der Waals surface area (Å²) in [5.41, 5.74) is 2.92. The molecule has 1 unspecified atom stereocenters. The average Bonchev–Trinajstić information content (AvgIpc) is 2.73. The number of hydrogen-bond donors (Lipinski definition) is 0. The van der Waals surface area contributed by atoms with Crippen LogP contribution < -0.4 is 4.90 Å². The third-order valence-corrected chi connectivity index (χ3v) is 4.98. The molecular weight excluding hydrogens is 372 g/mol. The summed E-state index contributed by atoms with van der Waals surface area (Å²) in [6.45, 7) is 0. The molecule has 0 N–H and O–H groups in total. The van der Waals surface area contributed by atoms with Gasteiger partial charge >= 0.3 is 0 Å². The van der Waals surface area contributed by atoms with Crippen molar-refractivity contribution in [3.05, 3.63) is 101 Å². The van der Waals surface area contributed by atoms with E-state index in [1.807, 2.05) is 30.3 Å². The van der Waals surface area contributed by atoms with Gasteiger partial charge in [0.05, 0.1) is 5.70 Å². The van der Waals surface area contributed by atoms with Gasteiger partial charge in [-0.15, -0.1) is 0 Å². The highest BCUT2D eigenvalue weighted by Crippen LogP contribution is 2.33. The molecule has 138 valence electrons. The van der Waals surface area contributed by atoms with Gasteiger partial charge in [-0.05, 0) is 48.4 Å². The van der Waals surface area contributed by atoms with Crippen LogP contribution in [0.3, 0.4) is 0 Å². The number of hydrogen-bond acceptors (Lipinski definition) is 3. The van der Waals surface area contributed by atoms with E-state index in [0.29, 0.717) is 22.8 Å². The van der Waals surface area contributed by atoms with E-state index in [2.05, 4.69) is 4.98 Å². The highest BCUT2D eigenvalue weighted by Gasteiger charge is 2.37. The van der Waals surface area contributed by atoms with Gasteiger partial charge in [0.1, 0.15) is 5.92 Å². The lowest BCUT2D eigenvalue weighted by molar-refractivity contribution is -0.130. The van der Waals surface area contributed by atoms with E-state index in [1.165, 1.54) is 0 Å². The van der Waals surface area contributed by atoms with Gasteiger partial charge in [-0.25, -0.2) is 0 Å². The van der Waals surface area contributed by atoms with Gasteiger partial charge in [0.15, 0.2) is 5.78 Å². The van der Waals surface area contributed by atoms with Crippen LogP contribution in [0.2, 0.25) is 5.02 Å². The zero-order valence-electron chi connectivity index (χ0n) is 15.0. The first kappa shape index (κ1) is 18.1. The minimum absolute atomic E-state index is 0.189. The van der Waals surface area contributed by atoms with E-state index in [4.69, 9.17) is 11.6 Å². The highest BCUT2D eigenvalue weighted by atomic mass is 35.5. The lowest BCUT2D eigenvalue weighted by Crippen LogP contribution is -2.43. The molecule has 0 bridgehead atoms. The fourth-order valence-electron chi connectivity index (χ4n) is 3.33. The van der Waals surface area contributed by atoms with Gasteiger partial charge < -0.3 is 0 Å². The second-order valence-electron chi connectivity index (χ2n) is 6.56. The Hall–Kier alpha value is -3.24. The first-order valence-electron chi connectivity index (χ1n) is 8.93. The third-order valence-electron chi connectivity index (χ3n) is 4.73. The molecule has 28 heavy (non-hydrogen) atoms. The smallest absolute Gasteiger partial charge is 0.242 e.